The lowest BCUT2D eigenvalue weighted by atomic mass is 10.2. The summed E-state index contributed by atoms with van der Waals surface area (Å²) >= 11 is 1.69. The molecule has 0 spiro atoms. The van der Waals surface area contributed by atoms with E-state index in [2.05, 4.69) is 6.07 Å². The molecule has 0 radical (unpaired) electrons. The summed E-state index contributed by atoms with van der Waals surface area (Å²) in [7, 11) is -2.82. The van der Waals surface area contributed by atoms with Crippen molar-refractivity contribution in [1.82, 2.24) is 0 Å². The molecule has 1 rings (SSSR count). The lowest BCUT2D eigenvalue weighted by molar-refractivity contribution is 0.598. The van der Waals surface area contributed by atoms with Crippen LogP contribution in [-0.2, 0) is 9.84 Å². The molecule has 0 saturated carbocycles. The van der Waals surface area contributed by atoms with Gasteiger partial charge in [-0.25, -0.2) is 8.42 Å². The molecule has 0 aliphatic rings. The maximum atomic E-state index is 10.9. The number of nitrogens with zero attached hydrogens (tertiary/aromatic N) is 1. The summed E-state index contributed by atoms with van der Waals surface area (Å²) in [5.74, 6) is 1.17. The van der Waals surface area contributed by atoms with Crippen molar-refractivity contribution in [3.63, 3.8) is 0 Å². The molecule has 1 aromatic carbocycles. The largest absolute Gasteiger partial charge is 0.229 e. The van der Waals surface area contributed by atoms with Gasteiger partial charge in [0.2, 0.25) is 0 Å². The van der Waals surface area contributed by atoms with Crippen molar-refractivity contribution in [2.45, 2.75) is 17.7 Å². The average molecular weight is 269 g/mol. The van der Waals surface area contributed by atoms with Crippen molar-refractivity contribution >= 4 is 21.6 Å². The molecule has 0 amide bonds. The summed E-state index contributed by atoms with van der Waals surface area (Å²) in [5, 5.41) is 8.64. The number of hydrogen-bond acceptors (Lipinski definition) is 4. The van der Waals surface area contributed by atoms with Crippen LogP contribution in [0.25, 0.3) is 0 Å². The third-order valence-corrected chi connectivity index (χ3v) is 4.29. The molecule has 0 bridgehead atoms. The number of rotatable bonds is 6. The highest BCUT2D eigenvalue weighted by atomic mass is 32.2. The van der Waals surface area contributed by atoms with E-state index in [1.54, 1.807) is 23.9 Å². The van der Waals surface area contributed by atoms with Gasteiger partial charge in [0.1, 0.15) is 9.84 Å². The normalized spacial score (nSPS) is 11.1. The van der Waals surface area contributed by atoms with E-state index in [1.165, 1.54) is 6.26 Å². The highest BCUT2D eigenvalue weighted by molar-refractivity contribution is 7.99. The molecular formula is C12H15NO2S2. The van der Waals surface area contributed by atoms with Crippen LogP contribution in [0.15, 0.2) is 29.2 Å². The zero-order valence-corrected chi connectivity index (χ0v) is 11.4. The van der Waals surface area contributed by atoms with E-state index < -0.39 is 9.84 Å². The minimum Gasteiger partial charge on any atom is -0.229 e. The van der Waals surface area contributed by atoms with Gasteiger partial charge in [0, 0.05) is 16.9 Å². The summed E-state index contributed by atoms with van der Waals surface area (Å²) in [6.45, 7) is 0. The number of sulfone groups is 1. The van der Waals surface area contributed by atoms with Gasteiger partial charge in [-0.05, 0) is 42.9 Å². The first-order valence-corrected chi connectivity index (χ1v) is 8.36. The Hall–Kier alpha value is -0.990. The molecule has 0 unspecified atom stereocenters. The first-order valence-electron chi connectivity index (χ1n) is 5.32. The van der Waals surface area contributed by atoms with Crippen LogP contribution in [0.3, 0.4) is 0 Å². The molecule has 1 aromatic rings. The van der Waals surface area contributed by atoms with Gasteiger partial charge in [-0.15, -0.1) is 11.8 Å². The molecule has 3 nitrogen and oxygen atoms in total. The SMILES string of the molecule is CS(=O)(=O)CCCCSc1ccc(C#N)cc1. The van der Waals surface area contributed by atoms with E-state index in [0.29, 0.717) is 12.0 Å². The molecule has 5 heteroatoms. The van der Waals surface area contributed by atoms with Crippen molar-refractivity contribution in [3.05, 3.63) is 29.8 Å². The van der Waals surface area contributed by atoms with Crippen molar-refractivity contribution < 1.29 is 8.42 Å². The van der Waals surface area contributed by atoms with Crippen LogP contribution in [-0.4, -0.2) is 26.2 Å². The molecule has 0 aliphatic heterocycles. The second-order valence-corrected chi connectivity index (χ2v) is 7.25. The Kier molecular flexibility index (Phi) is 5.52. The third-order valence-electron chi connectivity index (χ3n) is 2.16. The maximum Gasteiger partial charge on any atom is 0.147 e. The van der Waals surface area contributed by atoms with Crippen molar-refractivity contribution in [3.8, 4) is 6.07 Å². The smallest absolute Gasteiger partial charge is 0.147 e. The quantitative estimate of drug-likeness (QED) is 0.588. The van der Waals surface area contributed by atoms with Crippen molar-refractivity contribution in [2.75, 3.05) is 17.8 Å². The zero-order chi connectivity index (χ0) is 12.7. The highest BCUT2D eigenvalue weighted by Crippen LogP contribution is 2.19. The molecule has 0 heterocycles. The molecule has 92 valence electrons. The fourth-order valence-corrected chi connectivity index (χ4v) is 2.92. The van der Waals surface area contributed by atoms with Crippen LogP contribution in [0.2, 0.25) is 0 Å². The number of unbranched alkanes of at least 4 members (excludes halogenated alkanes) is 1. The fourth-order valence-electron chi connectivity index (χ4n) is 1.28. The molecule has 0 aliphatic carbocycles. The lowest BCUT2D eigenvalue weighted by Crippen LogP contribution is -2.02. The Bertz CT molecular complexity index is 486. The van der Waals surface area contributed by atoms with Crippen LogP contribution >= 0.6 is 11.8 Å². The molecule has 0 saturated heterocycles. The van der Waals surface area contributed by atoms with E-state index in [9.17, 15) is 8.42 Å². The van der Waals surface area contributed by atoms with Gasteiger partial charge >= 0.3 is 0 Å². The Morgan fingerprint density at radius 2 is 1.88 bits per heavy atom. The fraction of sp³-hybridized carbons (Fsp3) is 0.417. The number of hydrogen-bond donors (Lipinski definition) is 0. The van der Waals surface area contributed by atoms with Gasteiger partial charge in [0.25, 0.3) is 0 Å². The second-order valence-electron chi connectivity index (χ2n) is 3.82. The molecular weight excluding hydrogens is 254 g/mol. The standard InChI is InChI=1S/C12H15NO2S2/c1-17(14,15)9-3-2-8-16-12-6-4-11(10-13)5-7-12/h4-7H,2-3,8-9H2,1H3. The average Bonchev–Trinajstić information content (AvgIpc) is 2.28. The molecule has 0 atom stereocenters. The van der Waals surface area contributed by atoms with Crippen molar-refractivity contribution in [1.29, 1.82) is 5.26 Å². The number of thioether (sulfide) groups is 1. The second kappa shape index (κ2) is 6.67. The summed E-state index contributed by atoms with van der Waals surface area (Å²) in [4.78, 5) is 1.11. The van der Waals surface area contributed by atoms with E-state index in [4.69, 9.17) is 5.26 Å². The minimum absolute atomic E-state index is 0.265. The van der Waals surface area contributed by atoms with Crippen LogP contribution in [0.5, 0.6) is 0 Å². The minimum atomic E-state index is -2.82. The van der Waals surface area contributed by atoms with E-state index >= 15 is 0 Å². The summed E-state index contributed by atoms with van der Waals surface area (Å²) in [6.07, 6.45) is 2.86. The van der Waals surface area contributed by atoms with E-state index in [0.717, 1.165) is 17.1 Å². The molecule has 0 fully saturated rings. The van der Waals surface area contributed by atoms with E-state index in [-0.39, 0.29) is 5.75 Å². The van der Waals surface area contributed by atoms with Crippen LogP contribution < -0.4 is 0 Å². The van der Waals surface area contributed by atoms with Gasteiger partial charge in [0.05, 0.1) is 11.6 Å². The Balaban J connectivity index is 2.25. The maximum absolute atomic E-state index is 10.9. The first-order chi connectivity index (χ1) is 8.01. The molecule has 17 heavy (non-hydrogen) atoms. The zero-order valence-electron chi connectivity index (χ0n) is 9.72. The van der Waals surface area contributed by atoms with Gasteiger partial charge < -0.3 is 0 Å². The Morgan fingerprint density at radius 3 is 2.41 bits per heavy atom. The van der Waals surface area contributed by atoms with Gasteiger partial charge in [-0.2, -0.15) is 5.26 Å². The summed E-state index contributed by atoms with van der Waals surface area (Å²) in [5.41, 5.74) is 0.659. The van der Waals surface area contributed by atoms with Gasteiger partial charge in [-0.1, -0.05) is 0 Å². The van der Waals surface area contributed by atoms with Crippen LogP contribution in [0.1, 0.15) is 18.4 Å². The summed E-state index contributed by atoms with van der Waals surface area (Å²) in [6, 6.07) is 9.49. The van der Waals surface area contributed by atoms with Crippen molar-refractivity contribution in [2.24, 2.45) is 0 Å². The predicted octanol–water partition coefficient (Wildman–Crippen LogP) is 2.48. The van der Waals surface area contributed by atoms with E-state index in [1.807, 2.05) is 12.1 Å². The number of nitriles is 1. The third kappa shape index (κ3) is 6.35. The van der Waals surface area contributed by atoms with Gasteiger partial charge in [0.15, 0.2) is 0 Å². The van der Waals surface area contributed by atoms with Crippen LogP contribution in [0, 0.1) is 11.3 Å². The number of benzene rings is 1. The lowest BCUT2D eigenvalue weighted by Gasteiger charge is -2.01. The Labute approximate surface area is 107 Å². The first kappa shape index (κ1) is 14.1. The topological polar surface area (TPSA) is 57.9 Å². The molecule has 0 N–H and O–H groups in total. The monoisotopic (exact) mass is 269 g/mol. The molecule has 0 aromatic heterocycles. The van der Waals surface area contributed by atoms with Gasteiger partial charge in [-0.3, -0.25) is 0 Å². The highest BCUT2D eigenvalue weighted by Gasteiger charge is 2.01. The summed E-state index contributed by atoms with van der Waals surface area (Å²) < 4.78 is 21.8. The Morgan fingerprint density at radius 1 is 1.24 bits per heavy atom. The van der Waals surface area contributed by atoms with Crippen LogP contribution in [0.4, 0.5) is 0 Å². The predicted molar refractivity (Wildman–Crippen MR) is 70.8 cm³/mol.